The average molecular weight is 218 g/mol. The molecule has 0 amide bonds. The Hall–Kier alpha value is -2.04. The van der Waals surface area contributed by atoms with Crippen molar-refractivity contribution in [3.63, 3.8) is 0 Å². The molecule has 0 aliphatic heterocycles. The van der Waals surface area contributed by atoms with Gasteiger partial charge in [-0.3, -0.25) is 14.0 Å². The summed E-state index contributed by atoms with van der Waals surface area (Å²) >= 11 is 0. The normalized spacial score (nSPS) is 10.4. The van der Waals surface area contributed by atoms with Gasteiger partial charge in [-0.2, -0.15) is 5.10 Å². The molecular formula is C11H14N4O. The van der Waals surface area contributed by atoms with Crippen LogP contribution in [0, 0.1) is 6.92 Å². The molecule has 0 aliphatic carbocycles. The monoisotopic (exact) mass is 218 g/mol. The van der Waals surface area contributed by atoms with Gasteiger partial charge in [0.15, 0.2) is 0 Å². The third-order valence-corrected chi connectivity index (χ3v) is 2.47. The van der Waals surface area contributed by atoms with Gasteiger partial charge < -0.3 is 5.32 Å². The lowest BCUT2D eigenvalue weighted by Gasteiger charge is -2.09. The largest absolute Gasteiger partial charge is 0.384 e. The minimum absolute atomic E-state index is 0.0725. The van der Waals surface area contributed by atoms with E-state index in [1.165, 1.54) is 0 Å². The average Bonchev–Trinajstić information content (AvgIpc) is 2.67. The Kier molecular flexibility index (Phi) is 2.52. The first kappa shape index (κ1) is 10.5. The third kappa shape index (κ3) is 1.60. The van der Waals surface area contributed by atoms with E-state index in [0.29, 0.717) is 5.69 Å². The van der Waals surface area contributed by atoms with Gasteiger partial charge >= 0.3 is 0 Å². The second-order valence-corrected chi connectivity index (χ2v) is 3.67. The van der Waals surface area contributed by atoms with Crippen molar-refractivity contribution in [2.75, 3.05) is 12.4 Å². The first-order valence-electron chi connectivity index (χ1n) is 5.03. The van der Waals surface area contributed by atoms with E-state index in [2.05, 4.69) is 10.4 Å². The molecular weight excluding hydrogens is 204 g/mol. The quantitative estimate of drug-likeness (QED) is 0.815. The van der Waals surface area contributed by atoms with Crippen LogP contribution in [0.2, 0.25) is 0 Å². The molecule has 0 atom stereocenters. The van der Waals surface area contributed by atoms with Gasteiger partial charge in [0.25, 0.3) is 5.56 Å². The lowest BCUT2D eigenvalue weighted by molar-refractivity contribution is 0.721. The van der Waals surface area contributed by atoms with Crippen molar-refractivity contribution in [1.82, 2.24) is 14.3 Å². The van der Waals surface area contributed by atoms with E-state index in [-0.39, 0.29) is 5.56 Å². The highest BCUT2D eigenvalue weighted by Crippen LogP contribution is 2.08. The van der Waals surface area contributed by atoms with Crippen LogP contribution in [0.15, 0.2) is 29.3 Å². The van der Waals surface area contributed by atoms with Gasteiger partial charge in [-0.25, -0.2) is 0 Å². The van der Waals surface area contributed by atoms with Crippen LogP contribution in [0.4, 0.5) is 5.69 Å². The summed E-state index contributed by atoms with van der Waals surface area (Å²) < 4.78 is 3.26. The van der Waals surface area contributed by atoms with Crippen LogP contribution in [0.5, 0.6) is 0 Å². The van der Waals surface area contributed by atoms with E-state index in [4.69, 9.17) is 0 Å². The molecule has 0 radical (unpaired) electrons. The Morgan fingerprint density at radius 2 is 2.19 bits per heavy atom. The fraction of sp³-hybridized carbons (Fsp3) is 0.273. The summed E-state index contributed by atoms with van der Waals surface area (Å²) in [7, 11) is 3.55. The van der Waals surface area contributed by atoms with Crippen LogP contribution >= 0.6 is 0 Å². The van der Waals surface area contributed by atoms with Crippen LogP contribution in [0.3, 0.4) is 0 Å². The van der Waals surface area contributed by atoms with Crippen molar-refractivity contribution in [3.8, 4) is 5.82 Å². The molecule has 5 nitrogen and oxygen atoms in total. The van der Waals surface area contributed by atoms with Gasteiger partial charge in [0.05, 0.1) is 6.20 Å². The molecule has 1 N–H and O–H groups in total. The first-order chi connectivity index (χ1) is 7.63. The topological polar surface area (TPSA) is 51.9 Å². The molecule has 0 unspecified atom stereocenters. The Bertz CT molecular complexity index is 568. The standard InChI is InChI=1S/C11H14N4O/c1-8-6-9(12-2)11(16)15(7-8)10-4-5-13-14(10)3/h4-7,12H,1-3H3. The molecule has 84 valence electrons. The van der Waals surface area contributed by atoms with E-state index in [0.717, 1.165) is 11.4 Å². The van der Waals surface area contributed by atoms with E-state index < -0.39 is 0 Å². The van der Waals surface area contributed by atoms with Crippen LogP contribution in [0.1, 0.15) is 5.56 Å². The fourth-order valence-electron chi connectivity index (χ4n) is 1.67. The van der Waals surface area contributed by atoms with Gasteiger partial charge in [0.2, 0.25) is 0 Å². The molecule has 0 aromatic carbocycles. The number of hydrogen-bond donors (Lipinski definition) is 1. The zero-order valence-corrected chi connectivity index (χ0v) is 9.56. The van der Waals surface area contributed by atoms with Crippen molar-refractivity contribution < 1.29 is 0 Å². The Balaban J connectivity index is 2.71. The number of aryl methyl sites for hydroxylation is 2. The first-order valence-corrected chi connectivity index (χ1v) is 5.03. The van der Waals surface area contributed by atoms with Crippen molar-refractivity contribution >= 4 is 5.69 Å². The molecule has 2 aromatic heterocycles. The van der Waals surface area contributed by atoms with Gasteiger partial charge in [0.1, 0.15) is 11.5 Å². The summed E-state index contributed by atoms with van der Waals surface area (Å²) in [6.07, 6.45) is 3.48. The lowest BCUT2D eigenvalue weighted by atomic mass is 10.3. The maximum Gasteiger partial charge on any atom is 0.279 e. The molecule has 0 aliphatic rings. The summed E-state index contributed by atoms with van der Waals surface area (Å²) in [6.45, 7) is 1.95. The summed E-state index contributed by atoms with van der Waals surface area (Å²) in [5.41, 5.74) is 1.53. The molecule has 0 saturated carbocycles. The highest BCUT2D eigenvalue weighted by Gasteiger charge is 2.07. The zero-order chi connectivity index (χ0) is 11.7. The smallest absolute Gasteiger partial charge is 0.279 e. The summed E-state index contributed by atoms with van der Waals surface area (Å²) in [5.74, 6) is 0.755. The number of nitrogens with one attached hydrogen (secondary N) is 1. The molecule has 0 saturated heterocycles. The second-order valence-electron chi connectivity index (χ2n) is 3.67. The number of nitrogens with zero attached hydrogens (tertiary/aromatic N) is 3. The highest BCUT2D eigenvalue weighted by atomic mass is 16.1. The minimum atomic E-state index is -0.0725. The number of hydrogen-bond acceptors (Lipinski definition) is 3. The van der Waals surface area contributed by atoms with Gasteiger partial charge in [0, 0.05) is 26.4 Å². The summed E-state index contributed by atoms with van der Waals surface area (Å²) in [4.78, 5) is 12.1. The molecule has 0 bridgehead atoms. The number of aromatic nitrogens is 3. The Morgan fingerprint density at radius 1 is 1.44 bits per heavy atom. The van der Waals surface area contributed by atoms with Crippen molar-refractivity contribution in [1.29, 1.82) is 0 Å². The number of rotatable bonds is 2. The van der Waals surface area contributed by atoms with E-state index in [9.17, 15) is 4.79 Å². The van der Waals surface area contributed by atoms with Crippen LogP contribution in [-0.4, -0.2) is 21.4 Å². The summed E-state index contributed by atoms with van der Waals surface area (Å²) in [5, 5.41) is 6.95. The van der Waals surface area contributed by atoms with E-state index in [1.54, 1.807) is 34.8 Å². The van der Waals surface area contributed by atoms with Crippen LogP contribution in [-0.2, 0) is 7.05 Å². The van der Waals surface area contributed by atoms with Crippen LogP contribution < -0.4 is 10.9 Å². The SMILES string of the molecule is CNc1cc(C)cn(-c2ccnn2C)c1=O. The number of anilines is 1. The van der Waals surface area contributed by atoms with Gasteiger partial charge in [-0.1, -0.05) is 0 Å². The fourth-order valence-corrected chi connectivity index (χ4v) is 1.67. The van der Waals surface area contributed by atoms with E-state index >= 15 is 0 Å². The maximum absolute atomic E-state index is 12.1. The summed E-state index contributed by atoms with van der Waals surface area (Å²) in [6, 6.07) is 3.63. The van der Waals surface area contributed by atoms with E-state index in [1.807, 2.05) is 20.0 Å². The third-order valence-electron chi connectivity index (χ3n) is 2.47. The van der Waals surface area contributed by atoms with Crippen molar-refractivity contribution in [3.05, 3.63) is 40.4 Å². The predicted octanol–water partition coefficient (Wildman–Crippen LogP) is 0.921. The molecule has 2 heterocycles. The van der Waals surface area contributed by atoms with Crippen molar-refractivity contribution in [2.45, 2.75) is 6.92 Å². The minimum Gasteiger partial charge on any atom is -0.384 e. The highest BCUT2D eigenvalue weighted by molar-refractivity contribution is 5.44. The lowest BCUT2D eigenvalue weighted by Crippen LogP contribution is -2.23. The Morgan fingerprint density at radius 3 is 2.75 bits per heavy atom. The van der Waals surface area contributed by atoms with Crippen LogP contribution in [0.25, 0.3) is 5.82 Å². The van der Waals surface area contributed by atoms with Gasteiger partial charge in [-0.15, -0.1) is 0 Å². The van der Waals surface area contributed by atoms with Crippen molar-refractivity contribution in [2.24, 2.45) is 7.05 Å². The Labute approximate surface area is 93.3 Å². The van der Waals surface area contributed by atoms with Gasteiger partial charge in [-0.05, 0) is 18.6 Å². The molecule has 0 fully saturated rings. The molecule has 5 heteroatoms. The molecule has 2 rings (SSSR count). The second kappa shape index (κ2) is 3.84. The maximum atomic E-state index is 12.1. The molecule has 16 heavy (non-hydrogen) atoms. The number of pyridine rings is 1. The zero-order valence-electron chi connectivity index (χ0n) is 9.56. The molecule has 2 aromatic rings. The molecule has 0 spiro atoms. The predicted molar refractivity (Wildman–Crippen MR) is 63.1 cm³/mol.